The summed E-state index contributed by atoms with van der Waals surface area (Å²) in [6.45, 7) is 6.66. The summed E-state index contributed by atoms with van der Waals surface area (Å²) in [5.74, 6) is 0.673. The van der Waals surface area contributed by atoms with Gasteiger partial charge in [0, 0.05) is 11.8 Å². The molecule has 0 unspecified atom stereocenters. The number of hydrogen-bond donors (Lipinski definition) is 0. The van der Waals surface area contributed by atoms with E-state index >= 15 is 0 Å². The fourth-order valence-corrected chi connectivity index (χ4v) is 7.18. The van der Waals surface area contributed by atoms with Crippen LogP contribution in [0, 0.1) is 23.2 Å². The first-order valence-electron chi connectivity index (χ1n) is 12.8. The van der Waals surface area contributed by atoms with Gasteiger partial charge in [0.05, 0.1) is 18.9 Å². The van der Waals surface area contributed by atoms with Crippen LogP contribution in [-0.2, 0) is 19.1 Å². The van der Waals surface area contributed by atoms with E-state index in [1.165, 1.54) is 24.7 Å². The topological polar surface area (TPSA) is 52.6 Å². The predicted molar refractivity (Wildman–Crippen MR) is 131 cm³/mol. The van der Waals surface area contributed by atoms with Crippen LogP contribution < -0.4 is 0 Å². The molecule has 4 atom stereocenters. The lowest BCUT2D eigenvalue weighted by Crippen LogP contribution is -2.49. The molecule has 4 aliphatic carbocycles. The standard InChI is InChI=1S/C30H36O4/c1-18(2)20-14-13-19(3)15-26(20)34-27(31)17-30(29(32)33-4)16-25-21-9-5-7-11-23(21)28(30)24-12-8-6-10-22(24)25/h5-12,18-20,25-26,28H,13-17H2,1-4H3/t19-,20+,25?,26-,28?,30-/m1/s1. The third-order valence-electron chi connectivity index (χ3n) is 8.78. The van der Waals surface area contributed by atoms with E-state index < -0.39 is 5.41 Å². The van der Waals surface area contributed by atoms with Crippen molar-refractivity contribution in [2.24, 2.45) is 23.2 Å². The Morgan fingerprint density at radius 2 is 1.56 bits per heavy atom. The van der Waals surface area contributed by atoms with E-state index in [1.54, 1.807) is 0 Å². The molecule has 4 aliphatic rings. The first-order valence-corrected chi connectivity index (χ1v) is 12.8. The van der Waals surface area contributed by atoms with Crippen molar-refractivity contribution < 1.29 is 19.1 Å². The summed E-state index contributed by atoms with van der Waals surface area (Å²) >= 11 is 0. The lowest BCUT2D eigenvalue weighted by atomic mass is 9.51. The van der Waals surface area contributed by atoms with Crippen LogP contribution in [0.5, 0.6) is 0 Å². The molecular formula is C30H36O4. The van der Waals surface area contributed by atoms with Crippen LogP contribution in [0.3, 0.4) is 0 Å². The number of fused-ring (bicyclic) bond motifs is 1. The molecule has 0 spiro atoms. The SMILES string of the molecule is COC(=O)[C@@]1(CC(=O)O[C@@H]2C[C@H](C)CC[C@H]2C(C)C)CC2c3ccccc3C1c1ccccc12. The van der Waals surface area contributed by atoms with E-state index in [1.807, 2.05) is 12.1 Å². The van der Waals surface area contributed by atoms with Gasteiger partial charge in [-0.05, 0) is 59.3 Å². The fourth-order valence-electron chi connectivity index (χ4n) is 7.18. The summed E-state index contributed by atoms with van der Waals surface area (Å²) in [5.41, 5.74) is 3.86. The van der Waals surface area contributed by atoms with E-state index in [0.29, 0.717) is 24.2 Å². The Morgan fingerprint density at radius 3 is 2.12 bits per heavy atom. The van der Waals surface area contributed by atoms with Gasteiger partial charge < -0.3 is 9.47 Å². The predicted octanol–water partition coefficient (Wildman–Crippen LogP) is 6.22. The largest absolute Gasteiger partial charge is 0.469 e. The third kappa shape index (κ3) is 3.66. The molecule has 4 heteroatoms. The summed E-state index contributed by atoms with van der Waals surface area (Å²) in [6, 6.07) is 16.7. The molecule has 0 N–H and O–H groups in total. The van der Waals surface area contributed by atoms with Crippen molar-refractivity contribution in [3.05, 3.63) is 70.8 Å². The highest BCUT2D eigenvalue weighted by atomic mass is 16.5. The molecule has 0 aromatic heterocycles. The second-order valence-corrected chi connectivity index (χ2v) is 11.1. The van der Waals surface area contributed by atoms with Crippen LogP contribution in [0.25, 0.3) is 0 Å². The molecule has 0 amide bonds. The third-order valence-corrected chi connectivity index (χ3v) is 8.78. The lowest BCUT2D eigenvalue weighted by molar-refractivity contribution is -0.169. The smallest absolute Gasteiger partial charge is 0.313 e. The average Bonchev–Trinajstić information content (AvgIpc) is 2.83. The van der Waals surface area contributed by atoms with Crippen molar-refractivity contribution in [1.82, 2.24) is 0 Å². The minimum absolute atomic E-state index is 0.0548. The highest BCUT2D eigenvalue weighted by Gasteiger charge is 2.58. The summed E-state index contributed by atoms with van der Waals surface area (Å²) in [6.07, 6.45) is 3.72. The molecule has 4 nitrogen and oxygen atoms in total. The first kappa shape index (κ1) is 23.1. The van der Waals surface area contributed by atoms with Gasteiger partial charge in [-0.1, -0.05) is 75.7 Å². The second kappa shape index (κ2) is 8.87. The first-order chi connectivity index (χ1) is 16.4. The van der Waals surface area contributed by atoms with Crippen molar-refractivity contribution in [2.75, 3.05) is 7.11 Å². The Bertz CT molecular complexity index is 1040. The number of rotatable bonds is 5. The van der Waals surface area contributed by atoms with Crippen molar-refractivity contribution in [2.45, 2.75) is 70.8 Å². The normalized spacial score (nSPS) is 31.5. The van der Waals surface area contributed by atoms with Gasteiger partial charge in [0.15, 0.2) is 0 Å². The number of hydrogen-bond acceptors (Lipinski definition) is 4. The van der Waals surface area contributed by atoms with Gasteiger partial charge >= 0.3 is 11.9 Å². The van der Waals surface area contributed by atoms with Gasteiger partial charge in [0.2, 0.25) is 0 Å². The van der Waals surface area contributed by atoms with Crippen LogP contribution in [-0.4, -0.2) is 25.2 Å². The molecule has 180 valence electrons. The minimum Gasteiger partial charge on any atom is -0.469 e. The highest BCUT2D eigenvalue weighted by molar-refractivity contribution is 5.87. The molecule has 0 aliphatic heterocycles. The molecule has 1 fully saturated rings. The zero-order chi connectivity index (χ0) is 24.0. The minimum atomic E-state index is -0.952. The molecular weight excluding hydrogens is 424 g/mol. The maximum absolute atomic E-state index is 13.6. The number of benzene rings is 2. The molecule has 6 rings (SSSR count). The van der Waals surface area contributed by atoms with Crippen molar-refractivity contribution >= 4 is 11.9 Å². The number of methoxy groups -OCH3 is 1. The Morgan fingerprint density at radius 1 is 0.971 bits per heavy atom. The van der Waals surface area contributed by atoms with Gasteiger partial charge in [-0.25, -0.2) is 0 Å². The number of carbonyl (C=O) groups is 2. The van der Waals surface area contributed by atoms with Crippen molar-refractivity contribution in [3.8, 4) is 0 Å². The van der Waals surface area contributed by atoms with Crippen LogP contribution >= 0.6 is 0 Å². The monoisotopic (exact) mass is 460 g/mol. The molecule has 34 heavy (non-hydrogen) atoms. The summed E-state index contributed by atoms with van der Waals surface area (Å²) < 4.78 is 11.6. The van der Waals surface area contributed by atoms with E-state index in [4.69, 9.17) is 9.47 Å². The van der Waals surface area contributed by atoms with Crippen LogP contribution in [0.1, 0.15) is 87.0 Å². The van der Waals surface area contributed by atoms with E-state index in [2.05, 4.69) is 57.2 Å². The van der Waals surface area contributed by atoms with Crippen LogP contribution in [0.2, 0.25) is 0 Å². The van der Waals surface area contributed by atoms with Gasteiger partial charge in [-0.2, -0.15) is 0 Å². The Labute approximate surface area is 203 Å². The number of ether oxygens (including phenoxy) is 2. The Balaban J connectivity index is 1.51. The molecule has 1 saturated carbocycles. The van der Waals surface area contributed by atoms with Gasteiger partial charge in [-0.3, -0.25) is 9.59 Å². The number of esters is 2. The molecule has 0 heterocycles. The van der Waals surface area contributed by atoms with Crippen molar-refractivity contribution in [1.29, 1.82) is 0 Å². The zero-order valence-electron chi connectivity index (χ0n) is 20.8. The van der Waals surface area contributed by atoms with E-state index in [-0.39, 0.29) is 36.3 Å². The summed E-state index contributed by atoms with van der Waals surface area (Å²) in [4.78, 5) is 27.1. The second-order valence-electron chi connectivity index (χ2n) is 11.1. The van der Waals surface area contributed by atoms with Crippen molar-refractivity contribution in [3.63, 3.8) is 0 Å². The molecule has 2 aromatic rings. The Kier molecular flexibility index (Phi) is 6.03. The molecule has 2 aromatic carbocycles. The van der Waals surface area contributed by atoms with Gasteiger partial charge in [-0.15, -0.1) is 0 Å². The molecule has 0 radical (unpaired) electrons. The zero-order valence-corrected chi connectivity index (χ0v) is 20.8. The maximum atomic E-state index is 13.6. The van der Waals surface area contributed by atoms with Gasteiger partial charge in [0.1, 0.15) is 6.10 Å². The fraction of sp³-hybridized carbons (Fsp3) is 0.533. The van der Waals surface area contributed by atoms with E-state index in [0.717, 1.165) is 24.0 Å². The maximum Gasteiger partial charge on any atom is 0.313 e. The average molecular weight is 461 g/mol. The summed E-state index contributed by atoms with van der Waals surface area (Å²) in [7, 11) is 1.44. The number of carbonyl (C=O) groups excluding carboxylic acids is 2. The van der Waals surface area contributed by atoms with Gasteiger partial charge in [0.25, 0.3) is 0 Å². The van der Waals surface area contributed by atoms with E-state index in [9.17, 15) is 9.59 Å². The summed E-state index contributed by atoms with van der Waals surface area (Å²) in [5, 5.41) is 0. The van der Waals surface area contributed by atoms with Crippen LogP contribution in [0.4, 0.5) is 0 Å². The van der Waals surface area contributed by atoms with Crippen LogP contribution in [0.15, 0.2) is 48.5 Å². The highest BCUT2D eigenvalue weighted by Crippen LogP contribution is 2.62. The lowest BCUT2D eigenvalue weighted by Gasteiger charge is -2.51. The molecule has 0 saturated heterocycles. The quantitative estimate of drug-likeness (QED) is 0.497. The Hall–Kier alpha value is -2.62. The molecule has 2 bridgehead atoms.